The van der Waals surface area contributed by atoms with Gasteiger partial charge in [0.05, 0.1) is 14.2 Å². The first-order chi connectivity index (χ1) is 8.01. The van der Waals surface area contributed by atoms with Crippen LogP contribution < -0.4 is 0 Å². The average Bonchev–Trinajstić information content (AvgIpc) is 2.69. The molecule has 1 saturated heterocycles. The van der Waals surface area contributed by atoms with Gasteiger partial charge in [0.15, 0.2) is 0 Å². The predicted octanol–water partition coefficient (Wildman–Crippen LogP) is -0.902. The number of carbonyl (C=O) groups excluding carboxylic acids is 4. The Kier molecular flexibility index (Phi) is 4.19. The van der Waals surface area contributed by atoms with Crippen molar-refractivity contribution < 1.29 is 28.7 Å². The van der Waals surface area contributed by atoms with Crippen LogP contribution in [-0.2, 0) is 28.7 Å². The summed E-state index contributed by atoms with van der Waals surface area (Å²) in [5.74, 6) is -3.60. The van der Waals surface area contributed by atoms with Gasteiger partial charge in [-0.15, -0.1) is 0 Å². The number of esters is 2. The third-order valence-electron chi connectivity index (χ3n) is 2.52. The van der Waals surface area contributed by atoms with Gasteiger partial charge in [0.1, 0.15) is 12.3 Å². The lowest BCUT2D eigenvalue weighted by atomic mass is 10.1. The largest absolute Gasteiger partial charge is 0.469 e. The van der Waals surface area contributed by atoms with Gasteiger partial charge < -0.3 is 9.47 Å². The fourth-order valence-electron chi connectivity index (χ4n) is 1.58. The molecule has 7 nitrogen and oxygen atoms in total. The molecule has 0 aromatic carbocycles. The zero-order valence-corrected chi connectivity index (χ0v) is 9.60. The zero-order valence-electron chi connectivity index (χ0n) is 9.60. The van der Waals surface area contributed by atoms with Gasteiger partial charge in [-0.3, -0.25) is 24.1 Å². The normalized spacial score (nSPS) is 19.1. The van der Waals surface area contributed by atoms with Crippen LogP contribution in [-0.4, -0.2) is 49.4 Å². The van der Waals surface area contributed by atoms with E-state index in [-0.39, 0.29) is 13.0 Å². The van der Waals surface area contributed by atoms with E-state index in [2.05, 4.69) is 9.47 Å². The lowest BCUT2D eigenvalue weighted by molar-refractivity contribution is -0.153. The van der Waals surface area contributed by atoms with Gasteiger partial charge in [-0.2, -0.15) is 0 Å². The van der Waals surface area contributed by atoms with E-state index in [0.29, 0.717) is 0 Å². The van der Waals surface area contributed by atoms with E-state index in [0.717, 1.165) is 12.0 Å². The molecule has 1 unspecified atom stereocenters. The highest BCUT2D eigenvalue weighted by Gasteiger charge is 2.40. The highest BCUT2D eigenvalue weighted by atomic mass is 16.5. The lowest BCUT2D eigenvalue weighted by Gasteiger charge is -2.13. The Balaban J connectivity index is 2.64. The van der Waals surface area contributed by atoms with Gasteiger partial charge in [-0.05, 0) is 6.42 Å². The summed E-state index contributed by atoms with van der Waals surface area (Å²) < 4.78 is 8.77. The highest BCUT2D eigenvalue weighted by Crippen LogP contribution is 2.20. The first-order valence-corrected chi connectivity index (χ1v) is 5.00. The maximum absolute atomic E-state index is 11.7. The Bertz CT molecular complexity index is 364. The van der Waals surface area contributed by atoms with Crippen LogP contribution in [0.5, 0.6) is 0 Å². The Hall–Kier alpha value is -1.92. The van der Waals surface area contributed by atoms with Crippen molar-refractivity contribution in [2.75, 3.05) is 20.8 Å². The minimum Gasteiger partial charge on any atom is -0.469 e. The second kappa shape index (κ2) is 5.42. The number of nitrogens with zero attached hydrogens (tertiary/aromatic N) is 1. The second-order valence-corrected chi connectivity index (χ2v) is 3.50. The van der Waals surface area contributed by atoms with Crippen LogP contribution in [0.4, 0.5) is 0 Å². The molecule has 1 fully saturated rings. The van der Waals surface area contributed by atoms with Crippen molar-refractivity contribution in [1.29, 1.82) is 0 Å². The fraction of sp³-hybridized carbons (Fsp3) is 0.600. The molecule has 0 N–H and O–H groups in total. The van der Waals surface area contributed by atoms with Crippen LogP contribution in [0.15, 0.2) is 0 Å². The van der Waals surface area contributed by atoms with Crippen molar-refractivity contribution in [3.8, 4) is 0 Å². The maximum atomic E-state index is 11.7. The molecule has 94 valence electrons. The lowest BCUT2D eigenvalue weighted by Crippen LogP contribution is -2.36. The van der Waals surface area contributed by atoms with Crippen LogP contribution in [0.2, 0.25) is 0 Å². The molecule has 0 aliphatic carbocycles. The number of hydrogen-bond donors (Lipinski definition) is 0. The molecule has 0 aromatic heterocycles. The van der Waals surface area contributed by atoms with Gasteiger partial charge >= 0.3 is 11.9 Å². The van der Waals surface area contributed by atoms with Gasteiger partial charge in [-0.1, -0.05) is 0 Å². The number of imide groups is 1. The first kappa shape index (κ1) is 13.1. The van der Waals surface area contributed by atoms with Crippen molar-refractivity contribution >= 4 is 23.8 Å². The molecular weight excluding hydrogens is 230 g/mol. The molecule has 0 saturated carbocycles. The second-order valence-electron chi connectivity index (χ2n) is 3.50. The SMILES string of the molecule is COC(=O)CC(=O)N1CCC(C(=O)OC)C1=O. The molecule has 0 aromatic rings. The molecule has 17 heavy (non-hydrogen) atoms. The van der Waals surface area contributed by atoms with Gasteiger partial charge in [0.2, 0.25) is 11.8 Å². The molecule has 1 aliphatic heterocycles. The summed E-state index contributed by atoms with van der Waals surface area (Å²) in [5.41, 5.74) is 0. The molecule has 7 heteroatoms. The summed E-state index contributed by atoms with van der Waals surface area (Å²) in [7, 11) is 2.33. The summed E-state index contributed by atoms with van der Waals surface area (Å²) in [5, 5.41) is 0. The third kappa shape index (κ3) is 2.80. The predicted molar refractivity (Wildman–Crippen MR) is 53.5 cm³/mol. The zero-order chi connectivity index (χ0) is 13.0. The Morgan fingerprint density at radius 2 is 1.94 bits per heavy atom. The van der Waals surface area contributed by atoms with Crippen LogP contribution in [0.1, 0.15) is 12.8 Å². The Labute approximate surface area is 97.7 Å². The minimum atomic E-state index is -0.943. The summed E-state index contributed by atoms with van der Waals surface area (Å²) in [6.07, 6.45) is -0.283. The van der Waals surface area contributed by atoms with Crippen LogP contribution in [0, 0.1) is 5.92 Å². The van der Waals surface area contributed by atoms with Crippen molar-refractivity contribution in [2.24, 2.45) is 5.92 Å². The van der Waals surface area contributed by atoms with E-state index in [1.807, 2.05) is 0 Å². The summed E-state index contributed by atoms with van der Waals surface area (Å²) in [6, 6.07) is 0. The number of likely N-dealkylation sites (tertiary alicyclic amines) is 1. The molecular formula is C10H13NO6. The van der Waals surface area contributed by atoms with Crippen LogP contribution in [0.25, 0.3) is 0 Å². The van der Waals surface area contributed by atoms with Gasteiger partial charge in [0.25, 0.3) is 0 Å². The molecule has 2 amide bonds. The minimum absolute atomic E-state index is 0.119. The maximum Gasteiger partial charge on any atom is 0.318 e. The molecule has 0 spiro atoms. The molecule has 1 rings (SSSR count). The highest BCUT2D eigenvalue weighted by molar-refractivity contribution is 6.09. The van der Waals surface area contributed by atoms with Gasteiger partial charge in [0, 0.05) is 6.54 Å². The molecule has 0 radical (unpaired) electrons. The number of hydrogen-bond acceptors (Lipinski definition) is 6. The van der Waals surface area contributed by atoms with Crippen molar-refractivity contribution in [3.63, 3.8) is 0 Å². The monoisotopic (exact) mass is 243 g/mol. The summed E-state index contributed by atoms with van der Waals surface area (Å²) in [4.78, 5) is 46.2. The fourth-order valence-corrected chi connectivity index (χ4v) is 1.58. The number of rotatable bonds is 3. The molecule has 1 heterocycles. The summed E-state index contributed by atoms with van der Waals surface area (Å²) in [6.45, 7) is 0.119. The van der Waals surface area contributed by atoms with Crippen molar-refractivity contribution in [1.82, 2.24) is 4.90 Å². The topological polar surface area (TPSA) is 90.0 Å². The number of methoxy groups -OCH3 is 2. The molecule has 0 bridgehead atoms. The number of ether oxygens (including phenoxy) is 2. The van der Waals surface area contributed by atoms with E-state index >= 15 is 0 Å². The number of carbonyl (C=O) groups is 4. The standard InChI is InChI=1S/C10H13NO6/c1-16-8(13)5-7(12)11-4-3-6(9(11)14)10(15)17-2/h6H,3-5H2,1-2H3. The number of amides is 2. The van der Waals surface area contributed by atoms with E-state index < -0.39 is 36.1 Å². The van der Waals surface area contributed by atoms with Crippen LogP contribution >= 0.6 is 0 Å². The Morgan fingerprint density at radius 3 is 2.47 bits per heavy atom. The van der Waals surface area contributed by atoms with E-state index in [9.17, 15) is 19.2 Å². The molecule has 1 atom stereocenters. The Morgan fingerprint density at radius 1 is 1.29 bits per heavy atom. The van der Waals surface area contributed by atoms with Gasteiger partial charge in [-0.25, -0.2) is 0 Å². The first-order valence-electron chi connectivity index (χ1n) is 5.00. The van der Waals surface area contributed by atoms with Crippen LogP contribution in [0.3, 0.4) is 0 Å². The van der Waals surface area contributed by atoms with Crippen molar-refractivity contribution in [2.45, 2.75) is 12.8 Å². The molecule has 1 aliphatic rings. The van der Waals surface area contributed by atoms with E-state index in [1.54, 1.807) is 0 Å². The average molecular weight is 243 g/mol. The quantitative estimate of drug-likeness (QED) is 0.471. The van der Waals surface area contributed by atoms with E-state index in [1.165, 1.54) is 7.11 Å². The smallest absolute Gasteiger partial charge is 0.318 e. The van der Waals surface area contributed by atoms with Crippen molar-refractivity contribution in [3.05, 3.63) is 0 Å². The summed E-state index contributed by atoms with van der Waals surface area (Å²) >= 11 is 0. The third-order valence-corrected chi connectivity index (χ3v) is 2.52. The van der Waals surface area contributed by atoms with E-state index in [4.69, 9.17) is 0 Å².